The van der Waals surface area contributed by atoms with Crippen LogP contribution in [0.3, 0.4) is 0 Å². The molecule has 3 saturated heterocycles. The molecule has 0 spiro atoms. The van der Waals surface area contributed by atoms with E-state index >= 15 is 0 Å². The highest BCUT2D eigenvalue weighted by atomic mass is 19.3. The quantitative estimate of drug-likeness (QED) is 0.465. The van der Waals surface area contributed by atoms with E-state index < -0.39 is 12.1 Å². The number of rotatable bonds is 7. The Morgan fingerprint density at radius 2 is 1.56 bits per heavy atom. The zero-order valence-corrected chi connectivity index (χ0v) is 24.6. The van der Waals surface area contributed by atoms with E-state index in [2.05, 4.69) is 24.9 Å². The van der Waals surface area contributed by atoms with Gasteiger partial charge in [-0.15, -0.1) is 0 Å². The molecule has 43 heavy (non-hydrogen) atoms. The minimum absolute atomic E-state index is 0.00947. The van der Waals surface area contributed by atoms with Crippen molar-refractivity contribution in [1.29, 1.82) is 0 Å². The van der Waals surface area contributed by atoms with E-state index in [-0.39, 0.29) is 35.1 Å². The molecule has 3 fully saturated rings. The molecule has 15 heteroatoms. The maximum Gasteiger partial charge on any atom is 0.281 e. The molecule has 2 aromatic heterocycles. The van der Waals surface area contributed by atoms with Crippen molar-refractivity contribution in [2.75, 3.05) is 81.1 Å². The topological polar surface area (TPSA) is 147 Å². The average Bonchev–Trinajstić information content (AvgIpc) is 3.01. The van der Waals surface area contributed by atoms with Crippen LogP contribution < -0.4 is 15.5 Å². The van der Waals surface area contributed by atoms with Gasteiger partial charge in [0.05, 0.1) is 18.8 Å². The highest BCUT2D eigenvalue weighted by molar-refractivity contribution is 5.88. The molecule has 0 unspecified atom stereocenters. The Kier molecular flexibility index (Phi) is 9.58. The summed E-state index contributed by atoms with van der Waals surface area (Å²) in [4.78, 5) is 54.4. The number of piperazine rings is 1. The van der Waals surface area contributed by atoms with Crippen molar-refractivity contribution in [2.24, 2.45) is 5.92 Å². The van der Waals surface area contributed by atoms with Crippen LogP contribution in [0.5, 0.6) is 0 Å². The van der Waals surface area contributed by atoms with Crippen LogP contribution in [0.2, 0.25) is 0 Å². The van der Waals surface area contributed by atoms with Crippen molar-refractivity contribution in [3.05, 3.63) is 23.5 Å². The number of allylic oxidation sites excluding steroid dienone is 1. The van der Waals surface area contributed by atoms with Crippen LogP contribution in [-0.4, -0.2) is 112 Å². The fourth-order valence-corrected chi connectivity index (χ4v) is 5.50. The van der Waals surface area contributed by atoms with Crippen molar-refractivity contribution < 1.29 is 23.1 Å². The summed E-state index contributed by atoms with van der Waals surface area (Å²) in [5.74, 6) is 0.847. The fraction of sp³-hybridized carbons (Fsp3) is 0.607. The Morgan fingerprint density at radius 1 is 0.930 bits per heavy atom. The first kappa shape index (κ1) is 30.4. The first-order chi connectivity index (χ1) is 20.7. The van der Waals surface area contributed by atoms with Crippen LogP contribution in [0.4, 0.5) is 26.6 Å². The van der Waals surface area contributed by atoms with Crippen molar-refractivity contribution in [2.45, 2.75) is 39.5 Å². The van der Waals surface area contributed by atoms with E-state index in [0.717, 1.165) is 18.4 Å². The minimum Gasteiger partial charge on any atom is -0.378 e. The third-order valence-corrected chi connectivity index (χ3v) is 7.91. The number of aromatic nitrogens is 5. The number of halogens is 2. The van der Waals surface area contributed by atoms with Gasteiger partial charge in [-0.2, -0.15) is 15.0 Å². The van der Waals surface area contributed by atoms with E-state index in [1.165, 1.54) is 6.20 Å². The summed E-state index contributed by atoms with van der Waals surface area (Å²) in [6.45, 7) is 9.15. The molecule has 3 aliphatic heterocycles. The number of hydrogen-bond acceptors (Lipinski definition) is 11. The van der Waals surface area contributed by atoms with Gasteiger partial charge in [-0.1, -0.05) is 5.57 Å². The first-order valence-electron chi connectivity index (χ1n) is 14.6. The van der Waals surface area contributed by atoms with Crippen LogP contribution in [0.1, 0.15) is 45.2 Å². The lowest BCUT2D eigenvalue weighted by atomic mass is 9.92. The zero-order valence-electron chi connectivity index (χ0n) is 24.6. The smallest absolute Gasteiger partial charge is 0.281 e. The summed E-state index contributed by atoms with van der Waals surface area (Å²) in [6.07, 6.45) is 2.04. The van der Waals surface area contributed by atoms with E-state index in [9.17, 15) is 18.4 Å². The number of nitrogens with zero attached hydrogens (tertiary/aromatic N) is 9. The maximum absolute atomic E-state index is 13.9. The molecule has 3 aliphatic rings. The van der Waals surface area contributed by atoms with Gasteiger partial charge in [0.15, 0.2) is 5.82 Å². The van der Waals surface area contributed by atoms with Crippen LogP contribution in [0.25, 0.3) is 11.4 Å². The number of ether oxygens (including phenoxy) is 1. The second-order valence-corrected chi connectivity index (χ2v) is 11.2. The molecular formula is C28H38F2N10O3. The molecule has 0 aromatic carbocycles. The predicted octanol–water partition coefficient (Wildman–Crippen LogP) is 1.93. The number of carbonyl (C=O) groups is 2. The van der Waals surface area contributed by atoms with Crippen LogP contribution in [0, 0.1) is 5.92 Å². The van der Waals surface area contributed by atoms with Crippen molar-refractivity contribution >= 4 is 29.7 Å². The van der Waals surface area contributed by atoms with Crippen LogP contribution in [0.15, 0.2) is 17.8 Å². The Bertz CT molecular complexity index is 1330. The molecule has 13 nitrogen and oxygen atoms in total. The summed E-state index contributed by atoms with van der Waals surface area (Å²) >= 11 is 0. The number of amides is 2. The number of morpholine rings is 1. The normalized spacial score (nSPS) is 18.3. The van der Waals surface area contributed by atoms with Crippen LogP contribution >= 0.6 is 0 Å². The van der Waals surface area contributed by atoms with Crippen LogP contribution in [-0.2, 0) is 14.3 Å². The molecule has 2 aromatic rings. The Labute approximate surface area is 249 Å². The molecular weight excluding hydrogens is 562 g/mol. The molecule has 0 aliphatic carbocycles. The minimum atomic E-state index is -2.90. The van der Waals surface area contributed by atoms with Crippen molar-refractivity contribution in [3.63, 3.8) is 0 Å². The molecule has 0 saturated carbocycles. The Hall–Kier alpha value is -4.01. The largest absolute Gasteiger partial charge is 0.378 e. The monoisotopic (exact) mass is 600 g/mol. The van der Waals surface area contributed by atoms with E-state index in [1.807, 2.05) is 33.4 Å². The van der Waals surface area contributed by atoms with Gasteiger partial charge in [0.2, 0.25) is 29.7 Å². The number of hydrogen-bond donors (Lipinski definition) is 1. The van der Waals surface area contributed by atoms with E-state index in [4.69, 9.17) is 10.5 Å². The summed E-state index contributed by atoms with van der Waals surface area (Å²) in [5, 5.41) is 0. The average molecular weight is 601 g/mol. The lowest BCUT2D eigenvalue weighted by Gasteiger charge is -2.37. The van der Waals surface area contributed by atoms with Gasteiger partial charge in [0.25, 0.3) is 6.43 Å². The lowest BCUT2D eigenvalue weighted by Crippen LogP contribution is -2.50. The molecule has 0 atom stereocenters. The van der Waals surface area contributed by atoms with Gasteiger partial charge < -0.3 is 30.1 Å². The molecule has 232 valence electrons. The fourth-order valence-electron chi connectivity index (χ4n) is 5.50. The van der Waals surface area contributed by atoms with Gasteiger partial charge >= 0.3 is 0 Å². The first-order valence-corrected chi connectivity index (χ1v) is 14.6. The van der Waals surface area contributed by atoms with Gasteiger partial charge in [-0.25, -0.2) is 18.7 Å². The number of nitrogen functional groups attached to an aromatic ring is 1. The van der Waals surface area contributed by atoms with Gasteiger partial charge in [-0.3, -0.25) is 9.59 Å². The van der Waals surface area contributed by atoms with Crippen molar-refractivity contribution in [3.8, 4) is 11.4 Å². The molecule has 0 radical (unpaired) electrons. The molecule has 2 N–H and O–H groups in total. The zero-order chi connectivity index (χ0) is 30.5. The highest BCUT2D eigenvalue weighted by Crippen LogP contribution is 2.30. The number of nitrogens with two attached hydrogens (primary N) is 1. The number of carbonyl (C=O) groups excluding carboxylic acids is 2. The SMILES string of the molecule is CC(C)=CC(=O)N1CCC(CC(=O)N2CCN(c3nc(-c4cnc(N)nc4C(F)F)nc(N4CCOCC4)n3)CC2)CC1. The Balaban J connectivity index is 1.26. The van der Waals surface area contributed by atoms with Gasteiger partial charge in [0, 0.05) is 71.1 Å². The number of anilines is 3. The summed E-state index contributed by atoms with van der Waals surface area (Å²) in [7, 11) is 0. The molecule has 0 bridgehead atoms. The standard InChI is InChI=1S/C28H38F2N10O3/c1-18(2)15-21(41)37-5-3-19(4-6-37)16-22(42)38-7-9-39(10-8-38)27-34-25(20-17-32-26(31)33-23(20)24(29)30)35-28(36-27)40-11-13-43-14-12-40/h15,17,19,24H,3-14,16H2,1-2H3,(H2,31,32,33). The molecule has 5 rings (SSSR count). The second kappa shape index (κ2) is 13.5. The van der Waals surface area contributed by atoms with E-state index in [0.29, 0.717) is 83.9 Å². The van der Waals surface area contributed by atoms with Gasteiger partial charge in [0.1, 0.15) is 5.69 Å². The third kappa shape index (κ3) is 7.50. The third-order valence-electron chi connectivity index (χ3n) is 7.91. The molecule has 2 amide bonds. The lowest BCUT2D eigenvalue weighted by molar-refractivity contribution is -0.133. The highest BCUT2D eigenvalue weighted by Gasteiger charge is 2.29. The second-order valence-electron chi connectivity index (χ2n) is 11.2. The number of piperidine rings is 1. The predicted molar refractivity (Wildman–Crippen MR) is 155 cm³/mol. The molecule has 5 heterocycles. The number of likely N-dealkylation sites (tertiary alicyclic amines) is 1. The Morgan fingerprint density at radius 3 is 2.16 bits per heavy atom. The maximum atomic E-state index is 13.9. The van der Waals surface area contributed by atoms with E-state index in [1.54, 1.807) is 6.08 Å². The summed E-state index contributed by atoms with van der Waals surface area (Å²) < 4.78 is 33.2. The number of alkyl halides is 2. The van der Waals surface area contributed by atoms with Crippen molar-refractivity contribution in [1.82, 2.24) is 34.7 Å². The van der Waals surface area contributed by atoms with Gasteiger partial charge in [-0.05, 0) is 32.6 Å². The summed E-state index contributed by atoms with van der Waals surface area (Å²) in [6, 6.07) is 0. The summed E-state index contributed by atoms with van der Waals surface area (Å²) in [5.41, 5.74) is 6.00.